The first-order valence-electron chi connectivity index (χ1n) is 22.7. The van der Waals surface area contributed by atoms with E-state index in [2.05, 4.69) is 31.3 Å². The average molecular weight is 785 g/mol. The first kappa shape index (κ1) is 53.0. The zero-order valence-corrected chi connectivity index (χ0v) is 37.1. The number of amides is 1. The molecular weight excluding hydrogens is 695 g/mol. The van der Waals surface area contributed by atoms with Gasteiger partial charge in [0.2, 0.25) is 5.91 Å². The molecule has 0 aliphatic rings. The second-order valence-electron chi connectivity index (χ2n) is 16.8. The number of likely N-dealkylation sites (N-methyl/N-ethyl adjacent to an activating group) is 1. The van der Waals surface area contributed by atoms with Crippen molar-refractivity contribution in [3.05, 3.63) is 24.3 Å². The number of quaternary nitrogens is 1. The highest BCUT2D eigenvalue weighted by Crippen LogP contribution is 2.38. The standard InChI is InChI=1S/C45H89N2O6P/c1-6-8-10-12-14-16-18-20-21-22-23-24-25-26-27-29-31-33-35-37-39-45(49)46-43(42-53-54(50,51)52-41-40-47(3,4)5)44(48)38-36-34-32-30-28-19-17-15-13-11-9-7-2/h23-24,36,38,43-44,48H,6-22,25-35,37,39-42H2,1-5H3,(H-,46,49,50,51)/b24-23-,38-36+. The zero-order chi connectivity index (χ0) is 40.0. The fraction of sp³-hybridized carbons (Fsp3) is 0.889. The van der Waals surface area contributed by atoms with Crippen LogP contribution in [-0.4, -0.2) is 68.5 Å². The van der Waals surface area contributed by atoms with Crippen molar-refractivity contribution in [2.75, 3.05) is 40.9 Å². The molecule has 0 saturated carbocycles. The number of aliphatic hydroxyl groups is 1. The Bertz CT molecular complexity index is 938. The van der Waals surface area contributed by atoms with Crippen molar-refractivity contribution in [3.8, 4) is 0 Å². The maximum Gasteiger partial charge on any atom is 0.268 e. The molecule has 3 unspecified atom stereocenters. The van der Waals surface area contributed by atoms with Gasteiger partial charge in [-0.3, -0.25) is 9.36 Å². The van der Waals surface area contributed by atoms with Crippen LogP contribution in [0.1, 0.15) is 206 Å². The summed E-state index contributed by atoms with van der Waals surface area (Å²) in [5, 5.41) is 13.8. The van der Waals surface area contributed by atoms with Crippen LogP contribution in [0.5, 0.6) is 0 Å². The highest BCUT2D eigenvalue weighted by atomic mass is 31.2. The van der Waals surface area contributed by atoms with Gasteiger partial charge in [0.05, 0.1) is 39.9 Å². The lowest BCUT2D eigenvalue weighted by atomic mass is 10.0. The second kappa shape index (κ2) is 37.6. The number of rotatable bonds is 41. The molecule has 3 atom stereocenters. The van der Waals surface area contributed by atoms with E-state index in [0.29, 0.717) is 17.4 Å². The Morgan fingerprint density at radius 3 is 1.44 bits per heavy atom. The van der Waals surface area contributed by atoms with Crippen LogP contribution in [0.3, 0.4) is 0 Å². The quantitative estimate of drug-likeness (QED) is 0.0277. The zero-order valence-electron chi connectivity index (χ0n) is 36.2. The molecule has 0 aromatic rings. The van der Waals surface area contributed by atoms with Gasteiger partial charge < -0.3 is 28.8 Å². The Labute approximate surface area is 334 Å². The van der Waals surface area contributed by atoms with Crippen molar-refractivity contribution in [1.29, 1.82) is 0 Å². The molecule has 0 saturated heterocycles. The Balaban J connectivity index is 4.34. The van der Waals surface area contributed by atoms with E-state index in [9.17, 15) is 19.4 Å². The van der Waals surface area contributed by atoms with Gasteiger partial charge >= 0.3 is 0 Å². The van der Waals surface area contributed by atoms with Crippen molar-refractivity contribution < 1.29 is 32.9 Å². The third-order valence-corrected chi connectivity index (χ3v) is 11.1. The van der Waals surface area contributed by atoms with Crippen LogP contribution in [0.15, 0.2) is 24.3 Å². The summed E-state index contributed by atoms with van der Waals surface area (Å²) in [6.45, 7) is 4.64. The van der Waals surface area contributed by atoms with Crippen LogP contribution in [0.25, 0.3) is 0 Å². The molecule has 0 aliphatic carbocycles. The fourth-order valence-corrected chi connectivity index (χ4v) is 7.22. The summed E-state index contributed by atoms with van der Waals surface area (Å²) in [4.78, 5) is 25.3. The normalized spacial score (nSPS) is 14.6. The Morgan fingerprint density at radius 2 is 1.02 bits per heavy atom. The van der Waals surface area contributed by atoms with Gasteiger partial charge in [0, 0.05) is 6.42 Å². The molecule has 9 heteroatoms. The lowest BCUT2D eigenvalue weighted by molar-refractivity contribution is -0.870. The minimum Gasteiger partial charge on any atom is -0.756 e. The van der Waals surface area contributed by atoms with E-state index in [4.69, 9.17) is 9.05 Å². The van der Waals surface area contributed by atoms with Gasteiger partial charge in [-0.2, -0.15) is 0 Å². The van der Waals surface area contributed by atoms with E-state index in [1.54, 1.807) is 6.08 Å². The average Bonchev–Trinajstić information content (AvgIpc) is 3.12. The SMILES string of the molecule is CCCCCCCCCCC/C=C\CCCCCCCCCC(=O)NC(COP(=O)([O-])OCC[N+](C)(C)C)C(O)/C=C/CCCCCCCCCCCC. The molecule has 0 spiro atoms. The number of carbonyl (C=O) groups excluding carboxylic acids is 1. The molecule has 2 N–H and O–H groups in total. The van der Waals surface area contributed by atoms with E-state index in [-0.39, 0.29) is 19.1 Å². The molecule has 1 amide bonds. The minimum atomic E-state index is -4.58. The summed E-state index contributed by atoms with van der Waals surface area (Å²) in [6.07, 6.45) is 43.6. The molecular formula is C45H89N2O6P. The maximum absolute atomic E-state index is 12.8. The predicted octanol–water partition coefficient (Wildman–Crippen LogP) is 11.9. The molecule has 0 bridgehead atoms. The number of hydrogen-bond donors (Lipinski definition) is 2. The minimum absolute atomic E-state index is 0.000888. The van der Waals surface area contributed by atoms with E-state index in [1.165, 1.54) is 148 Å². The molecule has 8 nitrogen and oxygen atoms in total. The first-order chi connectivity index (χ1) is 26.0. The molecule has 0 radical (unpaired) electrons. The van der Waals surface area contributed by atoms with Crippen LogP contribution < -0.4 is 10.2 Å². The number of nitrogens with zero attached hydrogens (tertiary/aromatic N) is 1. The summed E-state index contributed by atoms with van der Waals surface area (Å²) in [6, 6.07) is -0.884. The molecule has 0 rings (SSSR count). The number of aliphatic hydroxyl groups excluding tert-OH is 1. The fourth-order valence-electron chi connectivity index (χ4n) is 6.50. The number of allylic oxidation sites excluding steroid dienone is 3. The van der Waals surface area contributed by atoms with Crippen LogP contribution in [0, 0.1) is 0 Å². The Kier molecular flexibility index (Phi) is 36.8. The van der Waals surface area contributed by atoms with Gasteiger partial charge in [-0.1, -0.05) is 179 Å². The van der Waals surface area contributed by atoms with Gasteiger partial charge in [-0.25, -0.2) is 0 Å². The van der Waals surface area contributed by atoms with Crippen molar-refractivity contribution in [3.63, 3.8) is 0 Å². The van der Waals surface area contributed by atoms with Crippen molar-refractivity contribution >= 4 is 13.7 Å². The number of phosphoric acid groups is 1. The van der Waals surface area contributed by atoms with Gasteiger partial charge in [-0.05, 0) is 44.9 Å². The lowest BCUT2D eigenvalue weighted by Gasteiger charge is -2.29. The molecule has 0 fully saturated rings. The van der Waals surface area contributed by atoms with Gasteiger partial charge in [0.25, 0.3) is 7.82 Å². The van der Waals surface area contributed by atoms with E-state index >= 15 is 0 Å². The monoisotopic (exact) mass is 785 g/mol. The topological polar surface area (TPSA) is 108 Å². The van der Waals surface area contributed by atoms with Crippen molar-refractivity contribution in [2.45, 2.75) is 219 Å². The Hall–Kier alpha value is -1.02. The third kappa shape index (κ3) is 39.2. The third-order valence-electron chi connectivity index (χ3n) is 10.2. The largest absolute Gasteiger partial charge is 0.756 e. The summed E-state index contributed by atoms with van der Waals surface area (Å²) in [7, 11) is 1.26. The smallest absolute Gasteiger partial charge is 0.268 e. The highest BCUT2D eigenvalue weighted by Gasteiger charge is 2.23. The van der Waals surface area contributed by atoms with Crippen molar-refractivity contribution in [2.24, 2.45) is 0 Å². The van der Waals surface area contributed by atoms with Gasteiger partial charge in [0.1, 0.15) is 13.2 Å². The number of carbonyl (C=O) groups is 1. The molecule has 0 aromatic carbocycles. The summed E-state index contributed by atoms with van der Waals surface area (Å²) < 4.78 is 23.2. The summed E-state index contributed by atoms with van der Waals surface area (Å²) in [5.74, 6) is -0.202. The Morgan fingerprint density at radius 1 is 0.630 bits per heavy atom. The number of phosphoric ester groups is 1. The van der Waals surface area contributed by atoms with Crippen LogP contribution in [-0.2, 0) is 18.4 Å². The molecule has 54 heavy (non-hydrogen) atoms. The van der Waals surface area contributed by atoms with E-state index in [1.807, 2.05) is 27.2 Å². The van der Waals surface area contributed by atoms with E-state index in [0.717, 1.165) is 38.5 Å². The summed E-state index contributed by atoms with van der Waals surface area (Å²) >= 11 is 0. The van der Waals surface area contributed by atoms with E-state index < -0.39 is 20.0 Å². The number of unbranched alkanes of at least 4 members (excludes halogenated alkanes) is 26. The van der Waals surface area contributed by atoms with Gasteiger partial charge in [0.15, 0.2) is 0 Å². The van der Waals surface area contributed by atoms with Crippen LogP contribution in [0.4, 0.5) is 0 Å². The molecule has 0 heterocycles. The van der Waals surface area contributed by atoms with Gasteiger partial charge in [-0.15, -0.1) is 0 Å². The maximum atomic E-state index is 12.8. The number of nitrogens with one attached hydrogen (secondary N) is 1. The van der Waals surface area contributed by atoms with Crippen LogP contribution >= 0.6 is 7.82 Å². The van der Waals surface area contributed by atoms with Crippen LogP contribution in [0.2, 0.25) is 0 Å². The summed E-state index contributed by atoms with van der Waals surface area (Å²) in [5.41, 5.74) is 0. The first-order valence-corrected chi connectivity index (χ1v) is 24.2. The van der Waals surface area contributed by atoms with Crippen molar-refractivity contribution in [1.82, 2.24) is 5.32 Å². The number of hydrogen-bond acceptors (Lipinski definition) is 6. The lowest BCUT2D eigenvalue weighted by Crippen LogP contribution is -2.45. The highest BCUT2D eigenvalue weighted by molar-refractivity contribution is 7.45. The predicted molar refractivity (Wildman–Crippen MR) is 228 cm³/mol. The second-order valence-corrected chi connectivity index (χ2v) is 18.2. The molecule has 0 aromatic heterocycles. The molecule has 0 aliphatic heterocycles. The molecule has 320 valence electrons.